The molecule has 31 heavy (non-hydrogen) atoms. The van der Waals surface area contributed by atoms with Crippen molar-refractivity contribution in [2.24, 2.45) is 16.8 Å². The number of rotatable bonds is 5. The second-order valence-corrected chi connectivity index (χ2v) is 9.39. The quantitative estimate of drug-likeness (QED) is 0.355. The van der Waals surface area contributed by atoms with Crippen molar-refractivity contribution in [3.05, 3.63) is 35.4 Å². The molecule has 3 fully saturated rings. The third-order valence-electron chi connectivity index (χ3n) is 7.27. The minimum Gasteiger partial charge on any atom is -0.356 e. The summed E-state index contributed by atoms with van der Waals surface area (Å²) in [6.07, 6.45) is 6.73. The largest absolute Gasteiger partial charge is 0.356 e. The summed E-state index contributed by atoms with van der Waals surface area (Å²) in [6, 6.07) is 8.79. The topological polar surface area (TPSA) is 51.2 Å². The highest BCUT2D eigenvalue weighted by atomic mass is 127. The Bertz CT molecular complexity index is 775. The first kappa shape index (κ1) is 24.3. The molecule has 2 saturated carbocycles. The molecular formula is C24H38IN5O. The standard InChI is InChI=1S/C24H37N5O.HI/c1-25-24(26-10-9-18-5-4-6-21(15-18)23(30)27(2)3)29-13-11-28(12-14-29)22-17-19-7-8-20(22)16-19;/h4-6,15,19-20,22H,7-14,16-17H2,1-3H3,(H,25,26);1H. The number of amides is 1. The summed E-state index contributed by atoms with van der Waals surface area (Å²) in [5, 5.41) is 3.53. The van der Waals surface area contributed by atoms with E-state index in [-0.39, 0.29) is 29.9 Å². The van der Waals surface area contributed by atoms with Gasteiger partial charge in [-0.15, -0.1) is 24.0 Å². The molecule has 1 aromatic carbocycles. The van der Waals surface area contributed by atoms with E-state index in [2.05, 4.69) is 26.2 Å². The predicted molar refractivity (Wildman–Crippen MR) is 137 cm³/mol. The minimum atomic E-state index is 0. The fourth-order valence-electron chi connectivity index (χ4n) is 5.69. The van der Waals surface area contributed by atoms with Crippen molar-refractivity contribution in [1.29, 1.82) is 0 Å². The maximum Gasteiger partial charge on any atom is 0.253 e. The molecule has 3 atom stereocenters. The number of piperazine rings is 1. The zero-order chi connectivity index (χ0) is 21.1. The molecule has 1 amide bonds. The van der Waals surface area contributed by atoms with E-state index in [1.54, 1.807) is 19.0 Å². The second-order valence-electron chi connectivity index (χ2n) is 9.39. The number of halogens is 1. The van der Waals surface area contributed by atoms with Gasteiger partial charge in [-0.1, -0.05) is 18.6 Å². The Hall–Kier alpha value is -1.35. The summed E-state index contributed by atoms with van der Waals surface area (Å²) < 4.78 is 0. The molecule has 1 saturated heterocycles. The fraction of sp³-hybridized carbons (Fsp3) is 0.667. The first-order valence-corrected chi connectivity index (χ1v) is 11.6. The summed E-state index contributed by atoms with van der Waals surface area (Å²) >= 11 is 0. The summed E-state index contributed by atoms with van der Waals surface area (Å²) in [6.45, 7) is 5.24. The SMILES string of the molecule is CN=C(NCCc1cccc(C(=O)N(C)C)c1)N1CCN(C2CC3CCC2C3)CC1.I. The van der Waals surface area contributed by atoms with Crippen molar-refractivity contribution in [3.63, 3.8) is 0 Å². The molecule has 6 nitrogen and oxygen atoms in total. The number of nitrogens with zero attached hydrogens (tertiary/aromatic N) is 4. The number of fused-ring (bicyclic) bond motifs is 2. The van der Waals surface area contributed by atoms with E-state index < -0.39 is 0 Å². The average molecular weight is 540 g/mol. The van der Waals surface area contributed by atoms with Crippen LogP contribution in [0.5, 0.6) is 0 Å². The number of carbonyl (C=O) groups excluding carboxylic acids is 1. The van der Waals surface area contributed by atoms with Crippen LogP contribution in [0.25, 0.3) is 0 Å². The van der Waals surface area contributed by atoms with Gasteiger partial charge in [0.05, 0.1) is 0 Å². The summed E-state index contributed by atoms with van der Waals surface area (Å²) in [7, 11) is 5.45. The van der Waals surface area contributed by atoms with Crippen LogP contribution in [0.1, 0.15) is 41.6 Å². The van der Waals surface area contributed by atoms with Gasteiger partial charge in [0.25, 0.3) is 5.91 Å². The maximum absolute atomic E-state index is 12.2. The van der Waals surface area contributed by atoms with Gasteiger partial charge in [-0.2, -0.15) is 0 Å². The van der Waals surface area contributed by atoms with Crippen LogP contribution in [-0.4, -0.2) is 86.5 Å². The van der Waals surface area contributed by atoms with Crippen LogP contribution in [0.2, 0.25) is 0 Å². The predicted octanol–water partition coefficient (Wildman–Crippen LogP) is 2.93. The number of nitrogens with one attached hydrogen (secondary N) is 1. The summed E-state index contributed by atoms with van der Waals surface area (Å²) in [4.78, 5) is 23.5. The zero-order valence-electron chi connectivity index (χ0n) is 19.2. The Morgan fingerprint density at radius 1 is 1.16 bits per heavy atom. The lowest BCUT2D eigenvalue weighted by molar-refractivity contribution is 0.0827. The smallest absolute Gasteiger partial charge is 0.253 e. The minimum absolute atomic E-state index is 0. The third kappa shape index (κ3) is 5.72. The molecule has 3 unspecified atom stereocenters. The Morgan fingerprint density at radius 3 is 2.55 bits per heavy atom. The number of hydrogen-bond donors (Lipinski definition) is 1. The molecule has 1 aromatic rings. The zero-order valence-corrected chi connectivity index (χ0v) is 21.5. The highest BCUT2D eigenvalue weighted by Gasteiger charge is 2.42. The lowest BCUT2D eigenvalue weighted by Gasteiger charge is -2.42. The van der Waals surface area contributed by atoms with Crippen LogP contribution < -0.4 is 5.32 Å². The van der Waals surface area contributed by atoms with Gasteiger partial charge in [0.15, 0.2) is 5.96 Å². The molecule has 172 valence electrons. The number of benzene rings is 1. The molecule has 1 N–H and O–H groups in total. The van der Waals surface area contributed by atoms with E-state index in [1.165, 1.54) is 31.2 Å². The molecule has 0 aromatic heterocycles. The molecule has 7 heteroatoms. The van der Waals surface area contributed by atoms with Gasteiger partial charge in [0.1, 0.15) is 0 Å². The molecule has 4 rings (SSSR count). The lowest BCUT2D eigenvalue weighted by Crippen LogP contribution is -2.55. The summed E-state index contributed by atoms with van der Waals surface area (Å²) in [5.41, 5.74) is 1.92. The third-order valence-corrected chi connectivity index (χ3v) is 7.27. The Morgan fingerprint density at radius 2 is 1.94 bits per heavy atom. The molecule has 0 spiro atoms. The Kier molecular flexibility index (Phi) is 8.61. The van der Waals surface area contributed by atoms with E-state index in [0.29, 0.717) is 0 Å². The van der Waals surface area contributed by atoms with Crippen LogP contribution >= 0.6 is 24.0 Å². The first-order chi connectivity index (χ1) is 14.5. The average Bonchev–Trinajstić information content (AvgIpc) is 3.40. The Labute approximate surface area is 204 Å². The van der Waals surface area contributed by atoms with E-state index in [9.17, 15) is 4.79 Å². The van der Waals surface area contributed by atoms with Gasteiger partial charge in [-0.25, -0.2) is 0 Å². The van der Waals surface area contributed by atoms with Crippen molar-refractivity contribution >= 4 is 35.8 Å². The van der Waals surface area contributed by atoms with Crippen LogP contribution in [0.4, 0.5) is 0 Å². The van der Waals surface area contributed by atoms with E-state index in [1.807, 2.05) is 25.2 Å². The van der Waals surface area contributed by atoms with Crippen molar-refractivity contribution in [2.75, 3.05) is 53.9 Å². The Balaban J connectivity index is 0.00000272. The van der Waals surface area contributed by atoms with Crippen LogP contribution in [0.3, 0.4) is 0 Å². The molecule has 3 aliphatic rings. The molecule has 2 bridgehead atoms. The molecule has 1 aliphatic heterocycles. The second kappa shape index (κ2) is 11.0. The van der Waals surface area contributed by atoms with E-state index >= 15 is 0 Å². The highest BCUT2D eigenvalue weighted by molar-refractivity contribution is 14.0. The highest BCUT2D eigenvalue weighted by Crippen LogP contribution is 2.46. The molecule has 0 radical (unpaired) electrons. The molecule has 1 heterocycles. The molecular weight excluding hydrogens is 501 g/mol. The number of aliphatic imine (C=N–C) groups is 1. The van der Waals surface area contributed by atoms with Crippen molar-refractivity contribution in [3.8, 4) is 0 Å². The first-order valence-electron chi connectivity index (χ1n) is 11.6. The summed E-state index contributed by atoms with van der Waals surface area (Å²) in [5.74, 6) is 3.03. The molecule has 2 aliphatic carbocycles. The monoisotopic (exact) mass is 539 g/mol. The van der Waals surface area contributed by atoms with Gasteiger partial charge in [0.2, 0.25) is 0 Å². The van der Waals surface area contributed by atoms with Crippen molar-refractivity contribution < 1.29 is 4.79 Å². The normalized spacial score (nSPS) is 26.0. The van der Waals surface area contributed by atoms with E-state index in [4.69, 9.17) is 0 Å². The van der Waals surface area contributed by atoms with Crippen LogP contribution in [0.15, 0.2) is 29.3 Å². The van der Waals surface area contributed by atoms with Gasteiger partial charge in [0, 0.05) is 65.5 Å². The lowest BCUT2D eigenvalue weighted by atomic mass is 9.93. The number of guanidine groups is 1. The van der Waals surface area contributed by atoms with Crippen molar-refractivity contribution in [2.45, 2.75) is 38.1 Å². The van der Waals surface area contributed by atoms with E-state index in [0.717, 1.165) is 68.5 Å². The van der Waals surface area contributed by atoms with Crippen molar-refractivity contribution in [1.82, 2.24) is 20.0 Å². The van der Waals surface area contributed by atoms with Crippen LogP contribution in [0, 0.1) is 11.8 Å². The van der Waals surface area contributed by atoms with Crippen LogP contribution in [-0.2, 0) is 6.42 Å². The maximum atomic E-state index is 12.2. The van der Waals surface area contributed by atoms with Gasteiger partial charge < -0.3 is 15.1 Å². The fourth-order valence-corrected chi connectivity index (χ4v) is 5.69. The van der Waals surface area contributed by atoms with Gasteiger partial charge in [-0.05, 0) is 55.2 Å². The van der Waals surface area contributed by atoms with Gasteiger partial charge in [-0.3, -0.25) is 14.7 Å². The number of carbonyl (C=O) groups is 1. The number of hydrogen-bond acceptors (Lipinski definition) is 3. The van der Waals surface area contributed by atoms with Gasteiger partial charge >= 0.3 is 0 Å².